The number of nitrogens with two attached hydrogens (primary N) is 1. The van der Waals surface area contributed by atoms with E-state index in [1.54, 1.807) is 29.3 Å². The van der Waals surface area contributed by atoms with Crippen LogP contribution in [0.15, 0.2) is 39.3 Å². The van der Waals surface area contributed by atoms with Gasteiger partial charge in [-0.2, -0.15) is 0 Å². The summed E-state index contributed by atoms with van der Waals surface area (Å²) >= 11 is 6.84. The van der Waals surface area contributed by atoms with Crippen LogP contribution in [0, 0.1) is 0 Å². The first kappa shape index (κ1) is 11.0. The summed E-state index contributed by atoms with van der Waals surface area (Å²) in [7, 11) is 0. The summed E-state index contributed by atoms with van der Waals surface area (Å²) < 4.78 is 1.14. The number of nitrogens with zero attached hydrogens (tertiary/aromatic N) is 1. The zero-order chi connectivity index (χ0) is 10.7. The number of hydrogen-bond donors (Lipinski definition) is 1. The Labute approximate surface area is 105 Å². The Morgan fingerprint density at radius 2 is 2.40 bits per heavy atom. The Bertz CT molecular complexity index is 456. The molecular formula is C10H9BrN2S2. The normalized spacial score (nSPS) is 10.5. The van der Waals surface area contributed by atoms with Gasteiger partial charge in [-0.05, 0) is 34.1 Å². The molecule has 0 saturated heterocycles. The molecule has 78 valence electrons. The second-order valence-electron chi connectivity index (χ2n) is 2.92. The first-order valence-electron chi connectivity index (χ1n) is 4.32. The average molecular weight is 301 g/mol. The molecule has 2 rings (SSSR count). The van der Waals surface area contributed by atoms with Gasteiger partial charge in [0.1, 0.15) is 5.03 Å². The zero-order valence-electron chi connectivity index (χ0n) is 7.81. The van der Waals surface area contributed by atoms with Crippen molar-refractivity contribution in [1.82, 2.24) is 4.98 Å². The molecule has 0 aliphatic carbocycles. The van der Waals surface area contributed by atoms with Gasteiger partial charge in [-0.3, -0.25) is 0 Å². The number of nitrogen functional groups attached to an aromatic ring is 1. The van der Waals surface area contributed by atoms with Gasteiger partial charge in [0.2, 0.25) is 0 Å². The highest BCUT2D eigenvalue weighted by Crippen LogP contribution is 2.29. The molecular weight excluding hydrogens is 292 g/mol. The van der Waals surface area contributed by atoms with Crippen LogP contribution in [0.3, 0.4) is 0 Å². The van der Waals surface area contributed by atoms with Crippen molar-refractivity contribution in [1.29, 1.82) is 0 Å². The monoisotopic (exact) mass is 300 g/mol. The third-order valence-corrected chi connectivity index (χ3v) is 4.72. The van der Waals surface area contributed by atoms with E-state index in [0.717, 1.165) is 20.9 Å². The third kappa shape index (κ3) is 2.96. The zero-order valence-corrected chi connectivity index (χ0v) is 11.0. The Morgan fingerprint density at radius 3 is 3.07 bits per heavy atom. The van der Waals surface area contributed by atoms with Gasteiger partial charge < -0.3 is 5.73 Å². The second-order valence-corrected chi connectivity index (χ2v) is 5.79. The molecule has 2 N–H and O–H groups in total. The minimum atomic E-state index is 0.748. The van der Waals surface area contributed by atoms with Gasteiger partial charge >= 0.3 is 0 Å². The number of thiophene rings is 1. The molecule has 0 aromatic carbocycles. The fraction of sp³-hybridized carbons (Fsp3) is 0.100. The maximum Gasteiger partial charge on any atom is 0.119 e. The molecule has 2 nitrogen and oxygen atoms in total. The molecule has 0 aliphatic heterocycles. The fourth-order valence-electron chi connectivity index (χ4n) is 1.09. The van der Waals surface area contributed by atoms with Gasteiger partial charge in [0.05, 0.1) is 5.69 Å². The van der Waals surface area contributed by atoms with Crippen LogP contribution >= 0.6 is 39.0 Å². The van der Waals surface area contributed by atoms with E-state index in [1.807, 2.05) is 12.1 Å². The van der Waals surface area contributed by atoms with E-state index in [0.29, 0.717) is 0 Å². The summed E-state index contributed by atoms with van der Waals surface area (Å²) in [6.45, 7) is 0. The van der Waals surface area contributed by atoms with Crippen molar-refractivity contribution in [3.63, 3.8) is 0 Å². The molecule has 2 aromatic heterocycles. The van der Waals surface area contributed by atoms with E-state index >= 15 is 0 Å². The van der Waals surface area contributed by atoms with Crippen molar-refractivity contribution in [2.24, 2.45) is 0 Å². The minimum Gasteiger partial charge on any atom is -0.397 e. The molecule has 2 heterocycles. The van der Waals surface area contributed by atoms with Crippen molar-refractivity contribution < 1.29 is 0 Å². The highest BCUT2D eigenvalue weighted by molar-refractivity contribution is 9.10. The van der Waals surface area contributed by atoms with Crippen molar-refractivity contribution >= 4 is 44.7 Å². The Morgan fingerprint density at radius 1 is 1.53 bits per heavy atom. The van der Waals surface area contributed by atoms with Crippen molar-refractivity contribution in [2.45, 2.75) is 10.8 Å². The standard InChI is InChI=1S/C10H9BrN2S2/c11-7-4-8(14-5-7)6-15-10-9(12)2-1-3-13-10/h1-5H,6,12H2. The molecule has 0 amide bonds. The summed E-state index contributed by atoms with van der Waals surface area (Å²) in [4.78, 5) is 5.55. The van der Waals surface area contributed by atoms with Crippen LogP contribution in [0.1, 0.15) is 4.88 Å². The van der Waals surface area contributed by atoms with Crippen LogP contribution in [0.2, 0.25) is 0 Å². The quantitative estimate of drug-likeness (QED) is 0.877. The largest absolute Gasteiger partial charge is 0.397 e. The lowest BCUT2D eigenvalue weighted by Gasteiger charge is -2.01. The number of rotatable bonds is 3. The Balaban J connectivity index is 2.02. The molecule has 2 aromatic rings. The maximum absolute atomic E-state index is 5.80. The molecule has 0 fully saturated rings. The van der Waals surface area contributed by atoms with E-state index in [9.17, 15) is 0 Å². The summed E-state index contributed by atoms with van der Waals surface area (Å²) in [6, 6.07) is 5.84. The third-order valence-electron chi connectivity index (χ3n) is 1.77. The second kappa shape index (κ2) is 5.01. The van der Waals surface area contributed by atoms with Crippen LogP contribution in [0.4, 0.5) is 5.69 Å². The molecule has 0 spiro atoms. The van der Waals surface area contributed by atoms with Gasteiger partial charge in [-0.25, -0.2) is 4.98 Å². The van der Waals surface area contributed by atoms with Crippen molar-refractivity contribution in [2.75, 3.05) is 5.73 Å². The number of anilines is 1. The average Bonchev–Trinajstić information content (AvgIpc) is 2.63. The highest BCUT2D eigenvalue weighted by atomic mass is 79.9. The molecule has 15 heavy (non-hydrogen) atoms. The Kier molecular flexibility index (Phi) is 3.66. The molecule has 0 bridgehead atoms. The lowest BCUT2D eigenvalue weighted by Crippen LogP contribution is -1.90. The maximum atomic E-state index is 5.80. The van der Waals surface area contributed by atoms with Gasteiger partial charge in [0.25, 0.3) is 0 Å². The van der Waals surface area contributed by atoms with Gasteiger partial charge in [-0.15, -0.1) is 11.3 Å². The minimum absolute atomic E-state index is 0.748. The number of halogens is 1. The van der Waals surface area contributed by atoms with E-state index in [2.05, 4.69) is 32.4 Å². The van der Waals surface area contributed by atoms with E-state index in [-0.39, 0.29) is 0 Å². The molecule has 0 atom stereocenters. The number of aromatic nitrogens is 1. The number of pyridine rings is 1. The van der Waals surface area contributed by atoms with Crippen LogP contribution < -0.4 is 5.73 Å². The smallest absolute Gasteiger partial charge is 0.119 e. The summed E-state index contributed by atoms with van der Waals surface area (Å²) in [5.41, 5.74) is 6.55. The van der Waals surface area contributed by atoms with E-state index in [4.69, 9.17) is 5.73 Å². The molecule has 0 radical (unpaired) electrons. The number of hydrogen-bond acceptors (Lipinski definition) is 4. The number of thioether (sulfide) groups is 1. The van der Waals surface area contributed by atoms with Gasteiger partial charge in [0, 0.05) is 26.7 Å². The highest BCUT2D eigenvalue weighted by Gasteiger charge is 2.02. The van der Waals surface area contributed by atoms with E-state index in [1.165, 1.54) is 4.88 Å². The van der Waals surface area contributed by atoms with Gasteiger partial charge in [-0.1, -0.05) is 11.8 Å². The van der Waals surface area contributed by atoms with Gasteiger partial charge in [0.15, 0.2) is 0 Å². The van der Waals surface area contributed by atoms with E-state index < -0.39 is 0 Å². The van der Waals surface area contributed by atoms with Crippen LogP contribution in [-0.4, -0.2) is 4.98 Å². The predicted molar refractivity (Wildman–Crippen MR) is 70.2 cm³/mol. The molecule has 0 unspecified atom stereocenters. The Hall–Kier alpha value is -0.520. The topological polar surface area (TPSA) is 38.9 Å². The first-order valence-corrected chi connectivity index (χ1v) is 6.98. The SMILES string of the molecule is Nc1cccnc1SCc1cc(Br)cs1. The fourth-order valence-corrected chi connectivity index (χ4v) is 3.51. The first-order chi connectivity index (χ1) is 7.25. The van der Waals surface area contributed by atoms with Crippen molar-refractivity contribution in [3.05, 3.63) is 39.1 Å². The molecule has 5 heteroatoms. The summed E-state index contributed by atoms with van der Waals surface area (Å²) in [5.74, 6) is 0.914. The lowest BCUT2D eigenvalue weighted by atomic mass is 10.4. The van der Waals surface area contributed by atoms with Crippen molar-refractivity contribution in [3.8, 4) is 0 Å². The molecule has 0 saturated carbocycles. The summed E-state index contributed by atoms with van der Waals surface area (Å²) in [5, 5.41) is 2.99. The van der Waals surface area contributed by atoms with Crippen LogP contribution in [0.5, 0.6) is 0 Å². The molecule has 0 aliphatic rings. The van der Waals surface area contributed by atoms with Crippen LogP contribution in [0.25, 0.3) is 0 Å². The lowest BCUT2D eigenvalue weighted by molar-refractivity contribution is 1.14. The predicted octanol–water partition coefficient (Wildman–Crippen LogP) is 3.78. The summed E-state index contributed by atoms with van der Waals surface area (Å²) in [6.07, 6.45) is 1.77. The van der Waals surface area contributed by atoms with Crippen LogP contribution in [-0.2, 0) is 5.75 Å².